The van der Waals surface area contributed by atoms with Crippen molar-refractivity contribution >= 4 is 17.8 Å². The molecule has 1 fully saturated rings. The highest BCUT2D eigenvalue weighted by molar-refractivity contribution is 7.99. The molecule has 1 atom stereocenters. The maximum absolute atomic E-state index is 11.2. The summed E-state index contributed by atoms with van der Waals surface area (Å²) in [4.78, 5) is 11.2. The first kappa shape index (κ1) is 10.7. The van der Waals surface area contributed by atoms with Crippen molar-refractivity contribution in [3.8, 4) is 0 Å². The minimum absolute atomic E-state index is 0.0927. The van der Waals surface area contributed by atoms with Gasteiger partial charge in [-0.3, -0.25) is 0 Å². The Labute approximate surface area is 83.0 Å². The average Bonchev–Trinajstić information content (AvgIpc) is 2.16. The van der Waals surface area contributed by atoms with Crippen LogP contribution in [-0.4, -0.2) is 30.2 Å². The van der Waals surface area contributed by atoms with E-state index >= 15 is 0 Å². The second kappa shape index (κ2) is 6.10. The van der Waals surface area contributed by atoms with Crippen molar-refractivity contribution in [1.82, 2.24) is 10.6 Å². The molecule has 0 saturated carbocycles. The van der Waals surface area contributed by atoms with E-state index in [-0.39, 0.29) is 6.03 Å². The molecule has 1 heterocycles. The molecule has 5 heteroatoms. The van der Waals surface area contributed by atoms with Gasteiger partial charge in [0.1, 0.15) is 0 Å². The van der Waals surface area contributed by atoms with Gasteiger partial charge in [0, 0.05) is 13.1 Å². The largest absolute Gasteiger partial charge is 0.337 e. The second-order valence-corrected chi connectivity index (χ2v) is 4.35. The fraction of sp³-hybridized carbons (Fsp3) is 0.875. The molecule has 0 aromatic heterocycles. The molecule has 0 aromatic rings. The van der Waals surface area contributed by atoms with Crippen LogP contribution in [-0.2, 0) is 0 Å². The maximum atomic E-state index is 11.2. The molecule has 1 aliphatic heterocycles. The number of urea groups is 1. The molecule has 0 aliphatic carbocycles. The van der Waals surface area contributed by atoms with Crippen LogP contribution in [0.3, 0.4) is 0 Å². The van der Waals surface area contributed by atoms with E-state index in [1.54, 1.807) is 0 Å². The minimum atomic E-state index is -0.0927. The number of nitrogens with one attached hydrogen (secondary N) is 2. The lowest BCUT2D eigenvalue weighted by Crippen LogP contribution is -2.43. The predicted molar refractivity (Wildman–Crippen MR) is 55.7 cm³/mol. The summed E-state index contributed by atoms with van der Waals surface area (Å²) >= 11 is 1.82. The van der Waals surface area contributed by atoms with E-state index in [0.717, 1.165) is 12.2 Å². The van der Waals surface area contributed by atoms with Crippen LogP contribution in [0.25, 0.3) is 0 Å². The summed E-state index contributed by atoms with van der Waals surface area (Å²) in [6.45, 7) is 1.04. The molecular weight excluding hydrogens is 186 g/mol. The van der Waals surface area contributed by atoms with Gasteiger partial charge in [0.25, 0.3) is 0 Å². The van der Waals surface area contributed by atoms with E-state index in [0.29, 0.717) is 18.5 Å². The van der Waals surface area contributed by atoms with Crippen LogP contribution in [0.4, 0.5) is 4.79 Å². The van der Waals surface area contributed by atoms with Gasteiger partial charge in [0.15, 0.2) is 0 Å². The average molecular weight is 203 g/mol. The van der Waals surface area contributed by atoms with Gasteiger partial charge < -0.3 is 16.4 Å². The summed E-state index contributed by atoms with van der Waals surface area (Å²) in [6.07, 6.45) is 3.57. The third-order valence-electron chi connectivity index (χ3n) is 1.90. The Bertz CT molecular complexity index is 159. The monoisotopic (exact) mass is 203 g/mol. The van der Waals surface area contributed by atoms with Gasteiger partial charge >= 0.3 is 6.03 Å². The van der Waals surface area contributed by atoms with Crippen LogP contribution in [0.1, 0.15) is 19.3 Å². The van der Waals surface area contributed by atoms with Crippen LogP contribution >= 0.6 is 11.8 Å². The number of hydrogen-bond acceptors (Lipinski definition) is 3. The molecule has 0 spiro atoms. The highest BCUT2D eigenvalue weighted by Gasteiger charge is 2.15. The van der Waals surface area contributed by atoms with Gasteiger partial charge in [0.05, 0.1) is 5.37 Å². The lowest BCUT2D eigenvalue weighted by molar-refractivity contribution is 0.240. The lowest BCUT2D eigenvalue weighted by Gasteiger charge is -2.22. The normalized spacial score (nSPS) is 22.4. The Morgan fingerprint density at radius 3 is 3.00 bits per heavy atom. The molecule has 2 amide bonds. The first-order valence-corrected chi connectivity index (χ1v) is 5.74. The van der Waals surface area contributed by atoms with Crippen molar-refractivity contribution in [2.75, 3.05) is 18.8 Å². The van der Waals surface area contributed by atoms with Gasteiger partial charge in [0.2, 0.25) is 0 Å². The van der Waals surface area contributed by atoms with Gasteiger partial charge in [-0.05, 0) is 25.0 Å². The van der Waals surface area contributed by atoms with E-state index in [2.05, 4.69) is 10.6 Å². The van der Waals surface area contributed by atoms with Crippen molar-refractivity contribution in [3.63, 3.8) is 0 Å². The molecule has 13 heavy (non-hydrogen) atoms. The predicted octanol–water partition coefficient (Wildman–Crippen LogP) is 0.487. The highest BCUT2D eigenvalue weighted by atomic mass is 32.2. The smallest absolute Gasteiger partial charge is 0.315 e. The molecule has 4 nitrogen and oxygen atoms in total. The van der Waals surface area contributed by atoms with Gasteiger partial charge in [-0.25, -0.2) is 4.79 Å². The Hall–Kier alpha value is -0.420. The molecule has 1 rings (SSSR count). The van der Waals surface area contributed by atoms with Crippen molar-refractivity contribution < 1.29 is 4.79 Å². The van der Waals surface area contributed by atoms with E-state index in [4.69, 9.17) is 5.73 Å². The first-order chi connectivity index (χ1) is 6.33. The van der Waals surface area contributed by atoms with E-state index in [1.165, 1.54) is 12.8 Å². The molecule has 0 bridgehead atoms. The van der Waals surface area contributed by atoms with E-state index < -0.39 is 0 Å². The molecule has 4 N–H and O–H groups in total. The number of nitrogens with two attached hydrogens (primary N) is 1. The van der Waals surface area contributed by atoms with Crippen molar-refractivity contribution in [3.05, 3.63) is 0 Å². The number of carbonyl (C=O) groups is 1. The van der Waals surface area contributed by atoms with Gasteiger partial charge in [-0.1, -0.05) is 0 Å². The summed E-state index contributed by atoms with van der Waals surface area (Å²) in [7, 11) is 0. The summed E-state index contributed by atoms with van der Waals surface area (Å²) in [5.74, 6) is 1.15. The summed E-state index contributed by atoms with van der Waals surface area (Å²) in [5, 5.41) is 5.90. The zero-order chi connectivity index (χ0) is 9.52. The number of hydrogen-bond donors (Lipinski definition) is 3. The quantitative estimate of drug-likeness (QED) is 0.625. The zero-order valence-corrected chi connectivity index (χ0v) is 8.53. The second-order valence-electron chi connectivity index (χ2n) is 3.04. The highest BCUT2D eigenvalue weighted by Crippen LogP contribution is 2.22. The Kier molecular flexibility index (Phi) is 5.00. The molecule has 1 unspecified atom stereocenters. The van der Waals surface area contributed by atoms with E-state index in [1.807, 2.05) is 11.8 Å². The number of amides is 2. The molecule has 1 aliphatic rings. The first-order valence-electron chi connectivity index (χ1n) is 4.69. The molecular formula is C8H17N3OS. The molecule has 1 saturated heterocycles. The fourth-order valence-corrected chi connectivity index (χ4v) is 2.42. The number of carbonyl (C=O) groups excluding carboxylic acids is 1. The third kappa shape index (κ3) is 4.38. The van der Waals surface area contributed by atoms with Crippen LogP contribution < -0.4 is 16.4 Å². The SMILES string of the molecule is NCCNC(=O)NC1CCCCS1. The molecule has 0 radical (unpaired) electrons. The lowest BCUT2D eigenvalue weighted by atomic mass is 10.2. The number of rotatable bonds is 3. The van der Waals surface area contributed by atoms with Crippen molar-refractivity contribution in [2.24, 2.45) is 5.73 Å². The molecule has 76 valence electrons. The Balaban J connectivity index is 2.11. The minimum Gasteiger partial charge on any atom is -0.337 e. The van der Waals surface area contributed by atoms with Crippen LogP contribution in [0.2, 0.25) is 0 Å². The zero-order valence-electron chi connectivity index (χ0n) is 7.71. The molecule has 0 aromatic carbocycles. The Morgan fingerprint density at radius 1 is 1.54 bits per heavy atom. The number of thioether (sulfide) groups is 1. The van der Waals surface area contributed by atoms with Crippen molar-refractivity contribution in [2.45, 2.75) is 24.6 Å². The fourth-order valence-electron chi connectivity index (χ4n) is 1.24. The standard InChI is InChI=1S/C8H17N3OS/c9-4-5-10-8(12)11-7-3-1-2-6-13-7/h7H,1-6,9H2,(H2,10,11,12). The topological polar surface area (TPSA) is 67.1 Å². The summed E-state index contributed by atoms with van der Waals surface area (Å²) < 4.78 is 0. The maximum Gasteiger partial charge on any atom is 0.315 e. The van der Waals surface area contributed by atoms with Crippen LogP contribution in [0.15, 0.2) is 0 Å². The van der Waals surface area contributed by atoms with Gasteiger partial charge in [-0.15, -0.1) is 11.8 Å². The van der Waals surface area contributed by atoms with Crippen LogP contribution in [0.5, 0.6) is 0 Å². The Morgan fingerprint density at radius 2 is 2.38 bits per heavy atom. The summed E-state index contributed by atoms with van der Waals surface area (Å²) in [6, 6.07) is -0.0927. The third-order valence-corrected chi connectivity index (χ3v) is 3.18. The van der Waals surface area contributed by atoms with Gasteiger partial charge in [-0.2, -0.15) is 0 Å². The van der Waals surface area contributed by atoms with Crippen molar-refractivity contribution in [1.29, 1.82) is 0 Å². The van der Waals surface area contributed by atoms with Crippen LogP contribution in [0, 0.1) is 0 Å². The van der Waals surface area contributed by atoms with E-state index in [9.17, 15) is 4.79 Å². The summed E-state index contributed by atoms with van der Waals surface area (Å²) in [5.41, 5.74) is 5.26.